The third-order valence-corrected chi connectivity index (χ3v) is 3.97. The minimum Gasteiger partial charge on any atom is -0.387 e. The first kappa shape index (κ1) is 12.6. The van der Waals surface area contributed by atoms with E-state index in [1.54, 1.807) is 12.1 Å². The number of aliphatic hydroxyl groups is 1. The summed E-state index contributed by atoms with van der Waals surface area (Å²) in [5.74, 6) is 0. The molecule has 0 radical (unpaired) electrons. The minimum absolute atomic E-state index is 0.354. The second kappa shape index (κ2) is 5.30. The number of ether oxygens (including phenoxy) is 1. The Morgan fingerprint density at radius 1 is 1.26 bits per heavy atom. The van der Waals surface area contributed by atoms with Crippen LogP contribution in [-0.4, -0.2) is 41.8 Å². The molecule has 2 saturated heterocycles. The number of morpholine rings is 1. The average Bonchev–Trinajstić information content (AvgIpc) is 2.78. The Balaban J connectivity index is 1.61. The number of benzene rings is 1. The van der Waals surface area contributed by atoms with Crippen LogP contribution in [0.2, 0.25) is 0 Å². The van der Waals surface area contributed by atoms with Crippen molar-refractivity contribution in [3.63, 3.8) is 0 Å². The maximum atomic E-state index is 10.3. The molecule has 3 rings (SSSR count). The first-order chi connectivity index (χ1) is 9.24. The van der Waals surface area contributed by atoms with Crippen molar-refractivity contribution < 1.29 is 9.84 Å². The predicted molar refractivity (Wildman–Crippen MR) is 70.5 cm³/mol. The Bertz CT molecular complexity index is 468. The summed E-state index contributed by atoms with van der Waals surface area (Å²) in [6, 6.07) is 9.25. The zero-order chi connectivity index (χ0) is 13.2. The van der Waals surface area contributed by atoms with Gasteiger partial charge < -0.3 is 9.84 Å². The van der Waals surface area contributed by atoms with Gasteiger partial charge in [-0.1, -0.05) is 12.1 Å². The molecule has 3 atom stereocenters. The van der Waals surface area contributed by atoms with Crippen LogP contribution in [0.25, 0.3) is 0 Å². The minimum atomic E-state index is -0.495. The summed E-state index contributed by atoms with van der Waals surface area (Å²) in [6.45, 7) is 2.48. The molecule has 0 spiro atoms. The first-order valence-electron chi connectivity index (χ1n) is 6.80. The van der Waals surface area contributed by atoms with Crippen LogP contribution in [0.5, 0.6) is 0 Å². The van der Waals surface area contributed by atoms with Gasteiger partial charge in [-0.15, -0.1) is 0 Å². The molecule has 0 amide bonds. The predicted octanol–water partition coefficient (Wildman–Crippen LogP) is 1.45. The Hall–Kier alpha value is -1.41. The molecule has 1 aromatic carbocycles. The summed E-state index contributed by atoms with van der Waals surface area (Å²) < 4.78 is 5.79. The van der Waals surface area contributed by atoms with Gasteiger partial charge in [-0.05, 0) is 30.5 Å². The summed E-state index contributed by atoms with van der Waals surface area (Å²) in [7, 11) is 0. The maximum absolute atomic E-state index is 10.3. The summed E-state index contributed by atoms with van der Waals surface area (Å²) >= 11 is 0. The number of hydrogen-bond acceptors (Lipinski definition) is 4. The van der Waals surface area contributed by atoms with Crippen LogP contribution in [0.1, 0.15) is 30.1 Å². The van der Waals surface area contributed by atoms with Crippen molar-refractivity contribution in [2.75, 3.05) is 19.6 Å². The molecule has 2 fully saturated rings. The van der Waals surface area contributed by atoms with Crippen molar-refractivity contribution in [3.05, 3.63) is 35.4 Å². The van der Waals surface area contributed by atoms with Crippen molar-refractivity contribution >= 4 is 0 Å². The lowest BCUT2D eigenvalue weighted by Crippen LogP contribution is -2.44. The van der Waals surface area contributed by atoms with Gasteiger partial charge in [-0.3, -0.25) is 4.90 Å². The maximum Gasteiger partial charge on any atom is 0.0991 e. The summed E-state index contributed by atoms with van der Waals surface area (Å²) in [4.78, 5) is 2.29. The highest BCUT2D eigenvalue weighted by Crippen LogP contribution is 2.27. The molecule has 100 valence electrons. The smallest absolute Gasteiger partial charge is 0.0991 e. The molecule has 2 aliphatic rings. The Morgan fingerprint density at radius 3 is 2.47 bits per heavy atom. The lowest BCUT2D eigenvalue weighted by molar-refractivity contribution is -0.0497. The van der Waals surface area contributed by atoms with Crippen LogP contribution in [-0.2, 0) is 4.74 Å². The molecule has 0 aliphatic carbocycles. The number of β-amino-alcohol motifs (C(OH)–C–C–N with tert-alkyl or cyclic N) is 1. The van der Waals surface area contributed by atoms with Crippen molar-refractivity contribution in [2.24, 2.45) is 0 Å². The van der Waals surface area contributed by atoms with Gasteiger partial charge in [0.05, 0.1) is 29.9 Å². The van der Waals surface area contributed by atoms with Crippen molar-refractivity contribution in [2.45, 2.75) is 31.2 Å². The van der Waals surface area contributed by atoms with Crippen LogP contribution in [0.15, 0.2) is 24.3 Å². The largest absolute Gasteiger partial charge is 0.387 e. The Kier molecular flexibility index (Phi) is 3.52. The van der Waals surface area contributed by atoms with Gasteiger partial charge >= 0.3 is 0 Å². The van der Waals surface area contributed by atoms with Crippen molar-refractivity contribution in [1.29, 1.82) is 5.26 Å². The lowest BCUT2D eigenvalue weighted by Gasteiger charge is -2.33. The van der Waals surface area contributed by atoms with Gasteiger partial charge in [0.15, 0.2) is 0 Å². The zero-order valence-corrected chi connectivity index (χ0v) is 10.8. The number of nitriles is 1. The van der Waals surface area contributed by atoms with Gasteiger partial charge in [-0.25, -0.2) is 0 Å². The monoisotopic (exact) mass is 258 g/mol. The third kappa shape index (κ3) is 2.79. The van der Waals surface area contributed by atoms with Crippen LogP contribution in [0, 0.1) is 11.3 Å². The van der Waals surface area contributed by atoms with E-state index in [0.29, 0.717) is 24.3 Å². The molecule has 1 aromatic rings. The van der Waals surface area contributed by atoms with Crippen LogP contribution >= 0.6 is 0 Å². The lowest BCUT2D eigenvalue weighted by atomic mass is 10.1. The van der Waals surface area contributed by atoms with Crippen molar-refractivity contribution in [1.82, 2.24) is 4.90 Å². The van der Waals surface area contributed by atoms with Gasteiger partial charge in [-0.2, -0.15) is 5.26 Å². The van der Waals surface area contributed by atoms with Gasteiger partial charge in [0.1, 0.15) is 0 Å². The highest BCUT2D eigenvalue weighted by molar-refractivity contribution is 5.32. The molecular weight excluding hydrogens is 240 g/mol. The molecule has 2 heterocycles. The fourth-order valence-electron chi connectivity index (χ4n) is 2.98. The molecule has 19 heavy (non-hydrogen) atoms. The van der Waals surface area contributed by atoms with Gasteiger partial charge in [0, 0.05) is 19.6 Å². The van der Waals surface area contributed by atoms with E-state index >= 15 is 0 Å². The topological polar surface area (TPSA) is 56.5 Å². The fraction of sp³-hybridized carbons (Fsp3) is 0.533. The van der Waals surface area contributed by atoms with E-state index in [1.807, 2.05) is 12.1 Å². The Morgan fingerprint density at radius 2 is 1.89 bits per heavy atom. The molecule has 0 saturated carbocycles. The third-order valence-electron chi connectivity index (χ3n) is 3.97. The second-order valence-corrected chi connectivity index (χ2v) is 5.43. The molecule has 2 aliphatic heterocycles. The number of aliphatic hydroxyl groups excluding tert-OH is 1. The van der Waals surface area contributed by atoms with Gasteiger partial charge in [0.25, 0.3) is 0 Å². The number of likely N-dealkylation sites (tertiary alicyclic amines) is 1. The van der Waals surface area contributed by atoms with Crippen molar-refractivity contribution in [3.8, 4) is 6.07 Å². The van der Waals surface area contributed by atoms with E-state index in [1.165, 1.54) is 0 Å². The molecular formula is C15H18N2O2. The number of rotatable bonds is 3. The standard InChI is InChI=1S/C15H18N2O2/c16-7-11-1-3-12(4-2-11)15(18)10-17-8-13-5-6-14(9-17)19-13/h1-4,13-15,18H,5-6,8-10H2. The van der Waals surface area contributed by atoms with E-state index in [2.05, 4.69) is 11.0 Å². The van der Waals surface area contributed by atoms with E-state index in [9.17, 15) is 5.11 Å². The van der Waals surface area contributed by atoms with Crippen LogP contribution in [0.3, 0.4) is 0 Å². The van der Waals surface area contributed by atoms with Crippen LogP contribution < -0.4 is 0 Å². The molecule has 0 aromatic heterocycles. The van der Waals surface area contributed by atoms with Gasteiger partial charge in [0.2, 0.25) is 0 Å². The molecule has 3 unspecified atom stereocenters. The highest BCUT2D eigenvalue weighted by atomic mass is 16.5. The summed E-state index contributed by atoms with van der Waals surface area (Å²) in [6.07, 6.45) is 2.51. The van der Waals surface area contributed by atoms with E-state index in [4.69, 9.17) is 10.00 Å². The second-order valence-electron chi connectivity index (χ2n) is 5.43. The average molecular weight is 258 g/mol. The number of hydrogen-bond donors (Lipinski definition) is 1. The van der Waals surface area contributed by atoms with E-state index < -0.39 is 6.10 Å². The summed E-state index contributed by atoms with van der Waals surface area (Å²) in [5, 5.41) is 19.0. The fourth-order valence-corrected chi connectivity index (χ4v) is 2.98. The number of nitrogens with zero attached hydrogens (tertiary/aromatic N) is 2. The summed E-state index contributed by atoms with van der Waals surface area (Å²) in [5.41, 5.74) is 1.50. The molecule has 4 nitrogen and oxygen atoms in total. The first-order valence-corrected chi connectivity index (χ1v) is 6.80. The SMILES string of the molecule is N#Cc1ccc(C(O)CN2CC3CCC(C2)O3)cc1. The molecule has 2 bridgehead atoms. The normalized spacial score (nSPS) is 28.0. The molecule has 1 N–H and O–H groups in total. The Labute approximate surface area is 113 Å². The molecule has 4 heteroatoms. The highest BCUT2D eigenvalue weighted by Gasteiger charge is 2.34. The van der Waals surface area contributed by atoms with E-state index in [0.717, 1.165) is 31.5 Å². The van der Waals surface area contributed by atoms with E-state index in [-0.39, 0.29) is 0 Å². The zero-order valence-electron chi connectivity index (χ0n) is 10.8. The van der Waals surface area contributed by atoms with Crippen LogP contribution in [0.4, 0.5) is 0 Å². The quantitative estimate of drug-likeness (QED) is 0.891. The number of fused-ring (bicyclic) bond motifs is 2.